The first kappa shape index (κ1) is 21.5. The highest BCUT2D eigenvalue weighted by atomic mass is 79.9. The van der Waals surface area contributed by atoms with Gasteiger partial charge in [-0.25, -0.2) is 4.79 Å². The molecule has 5 nitrogen and oxygen atoms in total. The summed E-state index contributed by atoms with van der Waals surface area (Å²) in [6, 6.07) is 5.54. The molecule has 2 rings (SSSR count). The predicted octanol–water partition coefficient (Wildman–Crippen LogP) is 4.47. The molecule has 0 bridgehead atoms. The summed E-state index contributed by atoms with van der Waals surface area (Å²) in [7, 11) is 0. The van der Waals surface area contributed by atoms with Crippen LogP contribution in [0.3, 0.4) is 0 Å². The van der Waals surface area contributed by atoms with Crippen LogP contribution in [0.4, 0.5) is 4.79 Å². The van der Waals surface area contributed by atoms with E-state index in [0.29, 0.717) is 31.2 Å². The van der Waals surface area contributed by atoms with Crippen LogP contribution in [-0.2, 0) is 4.74 Å². The number of hydrogen-bond donors (Lipinski definition) is 1. The van der Waals surface area contributed by atoms with Crippen LogP contribution in [-0.4, -0.2) is 58.4 Å². The Hall–Kier alpha value is -0.820. The van der Waals surface area contributed by atoms with E-state index < -0.39 is 11.2 Å². The Bertz CT molecular complexity index is 647. The van der Waals surface area contributed by atoms with Crippen molar-refractivity contribution in [2.75, 3.05) is 26.2 Å². The summed E-state index contributed by atoms with van der Waals surface area (Å²) in [5.74, 6) is 0. The maximum absolute atomic E-state index is 12.3. The molecule has 1 aromatic carbocycles. The summed E-state index contributed by atoms with van der Waals surface area (Å²) in [6.45, 7) is 11.6. The van der Waals surface area contributed by atoms with Crippen molar-refractivity contribution in [1.29, 1.82) is 0 Å². The van der Waals surface area contributed by atoms with E-state index >= 15 is 0 Å². The quantitative estimate of drug-likeness (QED) is 0.743. The minimum atomic E-state index is -0.953. The highest BCUT2D eigenvalue weighted by Crippen LogP contribution is 2.35. The zero-order valence-electron chi connectivity index (χ0n) is 16.1. The number of nitrogens with zero attached hydrogens (tertiary/aromatic N) is 2. The first-order valence-electron chi connectivity index (χ1n) is 8.78. The molecule has 7 heteroatoms. The highest BCUT2D eigenvalue weighted by Gasteiger charge is 2.37. The summed E-state index contributed by atoms with van der Waals surface area (Å²) in [4.78, 5) is 16.2. The van der Waals surface area contributed by atoms with Crippen LogP contribution in [0.25, 0.3) is 0 Å². The third-order valence-corrected chi connectivity index (χ3v) is 5.49. The second-order valence-corrected chi connectivity index (χ2v) is 9.49. The molecule has 1 fully saturated rings. The van der Waals surface area contributed by atoms with Gasteiger partial charge < -0.3 is 14.7 Å². The summed E-state index contributed by atoms with van der Waals surface area (Å²) in [6.07, 6.45) is -0.288. The average molecular weight is 448 g/mol. The van der Waals surface area contributed by atoms with Crippen molar-refractivity contribution in [2.24, 2.45) is 0 Å². The smallest absolute Gasteiger partial charge is 0.410 e. The molecule has 26 heavy (non-hydrogen) atoms. The van der Waals surface area contributed by atoms with Gasteiger partial charge in [-0.1, -0.05) is 17.7 Å². The number of halogens is 2. The molecular formula is C19H28BrClN2O3. The number of ether oxygens (including phenoxy) is 1. The number of amides is 1. The normalized spacial score (nSPS) is 17.9. The molecule has 146 valence electrons. The summed E-state index contributed by atoms with van der Waals surface area (Å²) < 4.78 is 6.28. The molecule has 1 heterocycles. The van der Waals surface area contributed by atoms with E-state index in [1.165, 1.54) is 0 Å². The number of hydrogen-bond acceptors (Lipinski definition) is 4. The number of benzene rings is 1. The van der Waals surface area contributed by atoms with E-state index in [0.717, 1.165) is 10.0 Å². The van der Waals surface area contributed by atoms with Gasteiger partial charge in [-0.05, 0) is 68.2 Å². The van der Waals surface area contributed by atoms with Gasteiger partial charge in [0, 0.05) is 30.7 Å². The third kappa shape index (κ3) is 5.59. The van der Waals surface area contributed by atoms with Crippen LogP contribution in [0.1, 0.15) is 46.2 Å². The van der Waals surface area contributed by atoms with Gasteiger partial charge in [0.15, 0.2) is 0 Å². The fourth-order valence-corrected chi connectivity index (χ4v) is 3.67. The lowest BCUT2D eigenvalue weighted by molar-refractivity contribution is -0.0414. The van der Waals surface area contributed by atoms with Crippen molar-refractivity contribution < 1.29 is 14.6 Å². The molecule has 0 spiro atoms. The number of carbonyl (C=O) groups excluding carboxylic acids is 1. The monoisotopic (exact) mass is 446 g/mol. The lowest BCUT2D eigenvalue weighted by Gasteiger charge is -2.44. The van der Waals surface area contributed by atoms with Crippen molar-refractivity contribution >= 4 is 33.6 Å². The van der Waals surface area contributed by atoms with Crippen molar-refractivity contribution in [3.8, 4) is 0 Å². The minimum absolute atomic E-state index is 0.214. The fourth-order valence-electron chi connectivity index (χ4n) is 3.24. The first-order chi connectivity index (χ1) is 11.9. The van der Waals surface area contributed by atoms with Crippen molar-refractivity contribution in [3.63, 3.8) is 0 Å². The van der Waals surface area contributed by atoms with E-state index in [9.17, 15) is 9.90 Å². The van der Waals surface area contributed by atoms with Gasteiger partial charge in [-0.2, -0.15) is 0 Å². The number of carbonyl (C=O) groups is 1. The summed E-state index contributed by atoms with van der Waals surface area (Å²) in [5, 5.41) is 11.4. The standard InChI is InChI=1S/C19H28BrClN2O3/c1-18(2,3)26-17(24)23-10-8-22(9-11-23)16(19(4,5)25)13-6-7-14(20)15(21)12-13/h6-7,12,16,25H,8-11H2,1-5H3. The van der Waals surface area contributed by atoms with E-state index in [1.54, 1.807) is 18.7 Å². The Morgan fingerprint density at radius 3 is 2.23 bits per heavy atom. The van der Waals surface area contributed by atoms with Crippen molar-refractivity contribution in [1.82, 2.24) is 9.80 Å². The number of rotatable bonds is 3. The summed E-state index contributed by atoms with van der Waals surface area (Å²) >= 11 is 9.66. The van der Waals surface area contributed by atoms with E-state index in [-0.39, 0.29) is 12.1 Å². The van der Waals surface area contributed by atoms with E-state index in [1.807, 2.05) is 39.0 Å². The summed E-state index contributed by atoms with van der Waals surface area (Å²) in [5.41, 5.74) is -0.500. The molecular weight excluding hydrogens is 420 g/mol. The second kappa shape index (κ2) is 8.05. The van der Waals surface area contributed by atoms with Crippen LogP contribution in [0, 0.1) is 0 Å². The lowest BCUT2D eigenvalue weighted by atomic mass is 9.90. The van der Waals surface area contributed by atoms with Crippen LogP contribution in [0.15, 0.2) is 22.7 Å². The SMILES string of the molecule is CC(C)(C)OC(=O)N1CCN(C(c2ccc(Br)c(Cl)c2)C(C)(C)O)CC1. The Balaban J connectivity index is 2.12. The van der Waals surface area contributed by atoms with Gasteiger partial charge in [0.1, 0.15) is 5.60 Å². The lowest BCUT2D eigenvalue weighted by Crippen LogP contribution is -2.54. The molecule has 0 radical (unpaired) electrons. The molecule has 1 atom stereocenters. The highest BCUT2D eigenvalue weighted by molar-refractivity contribution is 9.10. The Morgan fingerprint density at radius 2 is 1.77 bits per heavy atom. The second-order valence-electron chi connectivity index (χ2n) is 8.23. The molecule has 1 aliphatic heterocycles. The zero-order valence-corrected chi connectivity index (χ0v) is 18.4. The average Bonchev–Trinajstić information content (AvgIpc) is 2.48. The molecule has 1 amide bonds. The molecule has 0 saturated carbocycles. The van der Waals surface area contributed by atoms with Gasteiger partial charge in [-0.15, -0.1) is 0 Å². The molecule has 1 saturated heterocycles. The third-order valence-electron chi connectivity index (χ3n) is 4.26. The van der Waals surface area contributed by atoms with Gasteiger partial charge in [0.25, 0.3) is 0 Å². The minimum Gasteiger partial charge on any atom is -0.444 e. The fraction of sp³-hybridized carbons (Fsp3) is 0.632. The predicted molar refractivity (Wildman–Crippen MR) is 108 cm³/mol. The van der Waals surface area contributed by atoms with Crippen LogP contribution >= 0.6 is 27.5 Å². The zero-order chi connectivity index (χ0) is 19.7. The van der Waals surface area contributed by atoms with Crippen molar-refractivity contribution in [2.45, 2.75) is 51.9 Å². The molecule has 1 aliphatic rings. The van der Waals surface area contributed by atoms with E-state index in [2.05, 4.69) is 20.8 Å². The van der Waals surface area contributed by atoms with Gasteiger partial charge in [0.2, 0.25) is 0 Å². The largest absolute Gasteiger partial charge is 0.444 e. The Kier molecular flexibility index (Phi) is 6.65. The Labute approximate surface area is 169 Å². The molecule has 1 aromatic rings. The van der Waals surface area contributed by atoms with Gasteiger partial charge >= 0.3 is 6.09 Å². The maximum atomic E-state index is 12.3. The number of piperazine rings is 1. The molecule has 0 aliphatic carbocycles. The molecule has 1 N–H and O–H groups in total. The van der Waals surface area contributed by atoms with Crippen molar-refractivity contribution in [3.05, 3.63) is 33.3 Å². The first-order valence-corrected chi connectivity index (χ1v) is 9.95. The Morgan fingerprint density at radius 1 is 1.19 bits per heavy atom. The number of aliphatic hydroxyl groups is 1. The maximum Gasteiger partial charge on any atom is 0.410 e. The molecule has 0 aromatic heterocycles. The van der Waals surface area contributed by atoms with Crippen LogP contribution in [0.5, 0.6) is 0 Å². The van der Waals surface area contributed by atoms with Crippen LogP contribution in [0.2, 0.25) is 5.02 Å². The van der Waals surface area contributed by atoms with Crippen LogP contribution < -0.4 is 0 Å². The van der Waals surface area contributed by atoms with Gasteiger partial charge in [-0.3, -0.25) is 4.90 Å². The van der Waals surface area contributed by atoms with E-state index in [4.69, 9.17) is 16.3 Å². The molecule has 1 unspecified atom stereocenters. The topological polar surface area (TPSA) is 53.0 Å². The van der Waals surface area contributed by atoms with Gasteiger partial charge in [0.05, 0.1) is 16.7 Å².